The Labute approximate surface area is 251 Å². The zero-order valence-corrected chi connectivity index (χ0v) is 23.7. The summed E-state index contributed by atoms with van der Waals surface area (Å²) >= 11 is 0. The van der Waals surface area contributed by atoms with Crippen molar-refractivity contribution >= 4 is 28.2 Å². The average Bonchev–Trinajstić information content (AvgIpc) is 3.52. The van der Waals surface area contributed by atoms with Crippen molar-refractivity contribution in [2.45, 2.75) is 19.1 Å². The standard InChI is InChI=1S/C40H30N2O/c1-2-11-33-25(6-1)7-4-12-34(33)29-9-3-8-27(22-29)28-15-18-35-30(23-28)14-13-26-16-20-37-39(38(26)35)43-40(42-37)32-17-19-36-31(24-32)10-5-21-41-36/h1-12,15-20,22-24,40-42H,13-14,21H2. The van der Waals surface area contributed by atoms with Crippen LogP contribution in [-0.2, 0) is 12.8 Å². The minimum Gasteiger partial charge on any atom is -0.464 e. The Kier molecular flexibility index (Phi) is 5.45. The Morgan fingerprint density at radius 2 is 1.47 bits per heavy atom. The number of nitrogens with one attached hydrogen (secondary N) is 2. The summed E-state index contributed by atoms with van der Waals surface area (Å²) in [7, 11) is 0. The average molecular weight is 555 g/mol. The van der Waals surface area contributed by atoms with E-state index in [0.717, 1.165) is 36.4 Å². The summed E-state index contributed by atoms with van der Waals surface area (Å²) in [5, 5.41) is 9.63. The van der Waals surface area contributed by atoms with Crippen LogP contribution >= 0.6 is 0 Å². The minimum absolute atomic E-state index is 0.205. The number of aryl methyl sites for hydroxylation is 2. The quantitative estimate of drug-likeness (QED) is 0.228. The molecule has 1 unspecified atom stereocenters. The van der Waals surface area contributed by atoms with Gasteiger partial charge in [-0.1, -0.05) is 103 Å². The molecule has 9 rings (SSSR count). The highest BCUT2D eigenvalue weighted by atomic mass is 16.5. The fraction of sp³-hybridized carbons (Fsp3) is 0.100. The molecule has 0 amide bonds. The molecule has 3 heteroatoms. The van der Waals surface area contributed by atoms with E-state index >= 15 is 0 Å². The van der Waals surface area contributed by atoms with Crippen LogP contribution in [0.15, 0.2) is 121 Å². The zero-order valence-electron chi connectivity index (χ0n) is 23.7. The second-order valence-electron chi connectivity index (χ2n) is 11.7. The van der Waals surface area contributed by atoms with Crippen molar-refractivity contribution in [1.82, 2.24) is 0 Å². The highest BCUT2D eigenvalue weighted by molar-refractivity contribution is 5.97. The fourth-order valence-electron chi connectivity index (χ4n) is 7.04. The van der Waals surface area contributed by atoms with Crippen molar-refractivity contribution in [3.8, 4) is 39.1 Å². The summed E-state index contributed by atoms with van der Waals surface area (Å²) in [6.07, 6.45) is 6.18. The van der Waals surface area contributed by atoms with Gasteiger partial charge in [0.05, 0.1) is 5.69 Å². The molecule has 0 saturated heterocycles. The van der Waals surface area contributed by atoms with Gasteiger partial charge in [0.25, 0.3) is 0 Å². The van der Waals surface area contributed by atoms with Gasteiger partial charge in [0.1, 0.15) is 0 Å². The molecule has 2 aliphatic heterocycles. The van der Waals surface area contributed by atoms with Crippen molar-refractivity contribution < 1.29 is 4.74 Å². The van der Waals surface area contributed by atoms with Crippen LogP contribution in [0.4, 0.5) is 11.4 Å². The lowest BCUT2D eigenvalue weighted by Gasteiger charge is -2.23. The summed E-state index contributed by atoms with van der Waals surface area (Å²) in [5.41, 5.74) is 14.8. The van der Waals surface area contributed by atoms with E-state index in [4.69, 9.17) is 4.74 Å². The molecule has 43 heavy (non-hydrogen) atoms. The van der Waals surface area contributed by atoms with Crippen LogP contribution in [0.3, 0.4) is 0 Å². The normalized spacial score (nSPS) is 15.9. The van der Waals surface area contributed by atoms with Gasteiger partial charge in [0, 0.05) is 23.4 Å². The molecule has 3 aliphatic rings. The van der Waals surface area contributed by atoms with Gasteiger partial charge in [-0.15, -0.1) is 0 Å². The molecule has 1 aliphatic carbocycles. The third-order valence-electron chi connectivity index (χ3n) is 9.19. The number of rotatable bonds is 3. The third kappa shape index (κ3) is 4.04. The van der Waals surface area contributed by atoms with Crippen LogP contribution in [0.2, 0.25) is 0 Å². The van der Waals surface area contributed by atoms with Crippen LogP contribution < -0.4 is 15.4 Å². The van der Waals surface area contributed by atoms with Gasteiger partial charge in [-0.3, -0.25) is 0 Å². The molecular formula is C40H30N2O. The van der Waals surface area contributed by atoms with Gasteiger partial charge in [-0.2, -0.15) is 0 Å². The lowest BCUT2D eigenvalue weighted by Crippen LogP contribution is -2.12. The van der Waals surface area contributed by atoms with Gasteiger partial charge >= 0.3 is 0 Å². The van der Waals surface area contributed by atoms with Crippen LogP contribution in [0, 0.1) is 0 Å². The smallest absolute Gasteiger partial charge is 0.196 e. The third-order valence-corrected chi connectivity index (χ3v) is 9.19. The maximum absolute atomic E-state index is 6.70. The molecular weight excluding hydrogens is 524 g/mol. The SMILES string of the molecule is C1=Cc2cc(C3Nc4ccc5c(c4O3)-c3ccc(-c4cccc(-c6cccc7ccccc67)c4)cc3CC5)ccc2NC1. The molecule has 6 aromatic carbocycles. The maximum Gasteiger partial charge on any atom is 0.196 e. The molecule has 206 valence electrons. The molecule has 0 aromatic heterocycles. The van der Waals surface area contributed by atoms with Gasteiger partial charge in [-0.25, -0.2) is 0 Å². The predicted octanol–water partition coefficient (Wildman–Crippen LogP) is 9.88. The minimum atomic E-state index is -0.205. The largest absolute Gasteiger partial charge is 0.464 e. The number of benzene rings is 6. The number of ether oxygens (including phenoxy) is 1. The summed E-state index contributed by atoms with van der Waals surface area (Å²) in [5.74, 6) is 0.973. The molecule has 0 spiro atoms. The van der Waals surface area contributed by atoms with Crippen LogP contribution in [-0.4, -0.2) is 6.54 Å². The molecule has 2 heterocycles. The van der Waals surface area contributed by atoms with Crippen molar-refractivity contribution in [2.75, 3.05) is 17.2 Å². The van der Waals surface area contributed by atoms with Crippen LogP contribution in [0.25, 0.3) is 50.2 Å². The summed E-state index contributed by atoms with van der Waals surface area (Å²) < 4.78 is 6.70. The van der Waals surface area contributed by atoms with Crippen molar-refractivity contribution in [2.24, 2.45) is 0 Å². The predicted molar refractivity (Wildman–Crippen MR) is 179 cm³/mol. The Morgan fingerprint density at radius 3 is 2.47 bits per heavy atom. The van der Waals surface area contributed by atoms with E-state index in [1.807, 2.05) is 0 Å². The number of anilines is 2. The molecule has 0 radical (unpaired) electrons. The van der Waals surface area contributed by atoms with Crippen LogP contribution in [0.1, 0.15) is 28.5 Å². The Morgan fingerprint density at radius 1 is 0.628 bits per heavy atom. The van der Waals surface area contributed by atoms with Gasteiger partial charge in [0.15, 0.2) is 12.0 Å². The number of hydrogen-bond acceptors (Lipinski definition) is 3. The monoisotopic (exact) mass is 554 g/mol. The number of fused-ring (bicyclic) bond motifs is 7. The number of hydrogen-bond donors (Lipinski definition) is 2. The van der Waals surface area contributed by atoms with Gasteiger partial charge < -0.3 is 15.4 Å². The van der Waals surface area contributed by atoms with E-state index in [2.05, 4.69) is 138 Å². The highest BCUT2D eigenvalue weighted by Crippen LogP contribution is 2.50. The first-order valence-corrected chi connectivity index (χ1v) is 15.1. The first-order valence-electron chi connectivity index (χ1n) is 15.1. The lowest BCUT2D eigenvalue weighted by atomic mass is 9.83. The Hall–Kier alpha value is -5.28. The molecule has 0 fully saturated rings. The van der Waals surface area contributed by atoms with Crippen molar-refractivity contribution in [3.05, 3.63) is 144 Å². The summed E-state index contributed by atoms with van der Waals surface area (Å²) in [6, 6.07) is 42.1. The molecule has 3 nitrogen and oxygen atoms in total. The molecule has 1 atom stereocenters. The molecule has 0 bridgehead atoms. The van der Waals surface area contributed by atoms with Gasteiger partial charge in [0.2, 0.25) is 0 Å². The van der Waals surface area contributed by atoms with E-state index in [1.54, 1.807) is 0 Å². The van der Waals surface area contributed by atoms with E-state index in [1.165, 1.54) is 66.5 Å². The van der Waals surface area contributed by atoms with Crippen molar-refractivity contribution in [1.29, 1.82) is 0 Å². The summed E-state index contributed by atoms with van der Waals surface area (Å²) in [6.45, 7) is 0.874. The van der Waals surface area contributed by atoms with E-state index in [-0.39, 0.29) is 6.23 Å². The Bertz CT molecular complexity index is 2100. The summed E-state index contributed by atoms with van der Waals surface area (Å²) in [4.78, 5) is 0. The molecule has 2 N–H and O–H groups in total. The highest BCUT2D eigenvalue weighted by Gasteiger charge is 2.31. The van der Waals surface area contributed by atoms with Crippen molar-refractivity contribution in [3.63, 3.8) is 0 Å². The fourth-order valence-corrected chi connectivity index (χ4v) is 7.04. The second kappa shape index (κ2) is 9.64. The topological polar surface area (TPSA) is 33.3 Å². The van der Waals surface area contributed by atoms with Crippen LogP contribution in [0.5, 0.6) is 5.75 Å². The first-order chi connectivity index (χ1) is 21.3. The van der Waals surface area contributed by atoms with Gasteiger partial charge in [-0.05, 0) is 92.4 Å². The first kappa shape index (κ1) is 24.3. The molecule has 0 saturated carbocycles. The lowest BCUT2D eigenvalue weighted by molar-refractivity contribution is 0.260. The van der Waals surface area contributed by atoms with E-state index < -0.39 is 0 Å². The Balaban J connectivity index is 1.07. The van der Waals surface area contributed by atoms with E-state index in [0.29, 0.717) is 0 Å². The molecule has 6 aromatic rings. The second-order valence-corrected chi connectivity index (χ2v) is 11.7. The van der Waals surface area contributed by atoms with E-state index in [9.17, 15) is 0 Å². The zero-order chi connectivity index (χ0) is 28.3. The maximum atomic E-state index is 6.70.